The van der Waals surface area contributed by atoms with Gasteiger partial charge >= 0.3 is 0 Å². The van der Waals surface area contributed by atoms with Crippen molar-refractivity contribution >= 4 is 39.7 Å². The molecule has 2 aromatic rings. The Bertz CT molecular complexity index is 702. The molecule has 0 radical (unpaired) electrons. The molecule has 0 N–H and O–H groups in total. The number of hydrogen-bond donors (Lipinski definition) is 0. The SMILES string of the molecule is COCCN(Cc1ccc(F)cc1Cl)c1snc(Cl)c1C#N. The van der Waals surface area contributed by atoms with Crippen molar-refractivity contribution in [1.82, 2.24) is 4.37 Å². The maximum absolute atomic E-state index is 13.1. The van der Waals surface area contributed by atoms with E-state index < -0.39 is 5.82 Å². The number of nitriles is 1. The maximum Gasteiger partial charge on any atom is 0.162 e. The number of methoxy groups -OCH3 is 1. The Morgan fingerprint density at radius 2 is 2.23 bits per heavy atom. The molecule has 0 saturated heterocycles. The van der Waals surface area contributed by atoms with E-state index in [1.807, 2.05) is 4.90 Å². The first-order valence-corrected chi connectivity index (χ1v) is 7.82. The highest BCUT2D eigenvalue weighted by molar-refractivity contribution is 7.10. The lowest BCUT2D eigenvalue weighted by Crippen LogP contribution is -2.26. The number of rotatable bonds is 6. The van der Waals surface area contributed by atoms with E-state index in [0.29, 0.717) is 35.3 Å². The highest BCUT2D eigenvalue weighted by atomic mass is 35.5. The van der Waals surface area contributed by atoms with E-state index in [1.54, 1.807) is 13.2 Å². The first kappa shape index (κ1) is 17.0. The van der Waals surface area contributed by atoms with E-state index >= 15 is 0 Å². The van der Waals surface area contributed by atoms with Crippen molar-refractivity contribution < 1.29 is 9.13 Å². The Balaban J connectivity index is 2.32. The van der Waals surface area contributed by atoms with E-state index in [2.05, 4.69) is 10.4 Å². The predicted molar refractivity (Wildman–Crippen MR) is 86.2 cm³/mol. The molecule has 2 rings (SSSR count). The van der Waals surface area contributed by atoms with Gasteiger partial charge in [0.05, 0.1) is 6.61 Å². The minimum atomic E-state index is -0.393. The summed E-state index contributed by atoms with van der Waals surface area (Å²) in [5.74, 6) is -0.393. The third-order valence-corrected chi connectivity index (χ3v) is 4.61. The average Bonchev–Trinajstić information content (AvgIpc) is 2.86. The van der Waals surface area contributed by atoms with Crippen LogP contribution in [0, 0.1) is 17.1 Å². The van der Waals surface area contributed by atoms with Gasteiger partial charge in [0, 0.05) is 25.2 Å². The van der Waals surface area contributed by atoms with Crippen molar-refractivity contribution in [2.45, 2.75) is 6.54 Å². The molecule has 0 amide bonds. The van der Waals surface area contributed by atoms with Crippen LogP contribution in [-0.4, -0.2) is 24.6 Å². The summed E-state index contributed by atoms with van der Waals surface area (Å²) in [7, 11) is 1.59. The van der Waals surface area contributed by atoms with Gasteiger partial charge < -0.3 is 9.64 Å². The van der Waals surface area contributed by atoms with Crippen molar-refractivity contribution in [3.8, 4) is 6.07 Å². The van der Waals surface area contributed by atoms with Crippen LogP contribution in [0.25, 0.3) is 0 Å². The molecule has 0 fully saturated rings. The molecule has 0 atom stereocenters. The van der Waals surface area contributed by atoms with Gasteiger partial charge in [0.1, 0.15) is 22.5 Å². The topological polar surface area (TPSA) is 49.1 Å². The van der Waals surface area contributed by atoms with Gasteiger partial charge in [-0.15, -0.1) is 0 Å². The third kappa shape index (κ3) is 3.87. The Hall–Kier alpha value is -1.39. The number of anilines is 1. The van der Waals surface area contributed by atoms with E-state index in [0.717, 1.165) is 17.1 Å². The van der Waals surface area contributed by atoms with Crippen LogP contribution < -0.4 is 4.90 Å². The minimum absolute atomic E-state index is 0.176. The molecule has 0 aliphatic heterocycles. The second-order valence-electron chi connectivity index (χ2n) is 4.42. The zero-order valence-electron chi connectivity index (χ0n) is 11.6. The fraction of sp³-hybridized carbons (Fsp3) is 0.286. The number of aromatic nitrogens is 1. The molecule has 1 heterocycles. The zero-order valence-corrected chi connectivity index (χ0v) is 14.0. The molecule has 1 aromatic heterocycles. The first-order chi connectivity index (χ1) is 10.6. The summed E-state index contributed by atoms with van der Waals surface area (Å²) in [6, 6.07) is 6.28. The summed E-state index contributed by atoms with van der Waals surface area (Å²) in [5, 5.41) is 10.4. The van der Waals surface area contributed by atoms with Crippen LogP contribution in [0.1, 0.15) is 11.1 Å². The molecule has 0 aliphatic carbocycles. The normalized spacial score (nSPS) is 10.5. The largest absolute Gasteiger partial charge is 0.383 e. The molecule has 0 saturated carbocycles. The second-order valence-corrected chi connectivity index (χ2v) is 5.93. The lowest BCUT2D eigenvalue weighted by molar-refractivity contribution is 0.205. The van der Waals surface area contributed by atoms with Crippen LogP contribution in [0.4, 0.5) is 9.39 Å². The maximum atomic E-state index is 13.1. The molecular formula is C14H12Cl2FN3OS. The Morgan fingerprint density at radius 1 is 1.45 bits per heavy atom. The summed E-state index contributed by atoms with van der Waals surface area (Å²) < 4.78 is 22.2. The van der Waals surface area contributed by atoms with Crippen molar-refractivity contribution in [3.63, 3.8) is 0 Å². The van der Waals surface area contributed by atoms with E-state index in [4.69, 9.17) is 27.9 Å². The smallest absolute Gasteiger partial charge is 0.162 e. The van der Waals surface area contributed by atoms with Gasteiger partial charge in [-0.1, -0.05) is 29.3 Å². The van der Waals surface area contributed by atoms with E-state index in [-0.39, 0.29) is 5.15 Å². The molecule has 8 heteroatoms. The van der Waals surface area contributed by atoms with Crippen LogP contribution in [0.15, 0.2) is 18.2 Å². The summed E-state index contributed by atoms with van der Waals surface area (Å²) >= 11 is 13.1. The second kappa shape index (κ2) is 7.75. The minimum Gasteiger partial charge on any atom is -0.383 e. The lowest BCUT2D eigenvalue weighted by atomic mass is 10.2. The molecule has 116 valence electrons. The fourth-order valence-electron chi connectivity index (χ4n) is 1.88. The summed E-state index contributed by atoms with van der Waals surface area (Å²) in [6.45, 7) is 1.38. The molecule has 1 aromatic carbocycles. The van der Waals surface area contributed by atoms with Crippen LogP contribution in [0.5, 0.6) is 0 Å². The first-order valence-electron chi connectivity index (χ1n) is 6.30. The summed E-state index contributed by atoms with van der Waals surface area (Å²) in [5.41, 5.74) is 1.06. The zero-order chi connectivity index (χ0) is 16.1. The van der Waals surface area contributed by atoms with Gasteiger partial charge in [-0.3, -0.25) is 0 Å². The van der Waals surface area contributed by atoms with Gasteiger partial charge in [-0.05, 0) is 29.2 Å². The van der Waals surface area contributed by atoms with Crippen molar-refractivity contribution in [2.24, 2.45) is 0 Å². The highest BCUT2D eigenvalue weighted by Crippen LogP contribution is 2.33. The molecule has 0 bridgehead atoms. The van der Waals surface area contributed by atoms with Crippen LogP contribution in [-0.2, 0) is 11.3 Å². The van der Waals surface area contributed by atoms with Crippen LogP contribution >= 0.6 is 34.7 Å². The summed E-state index contributed by atoms with van der Waals surface area (Å²) in [4.78, 5) is 1.89. The summed E-state index contributed by atoms with van der Waals surface area (Å²) in [6.07, 6.45) is 0. The van der Waals surface area contributed by atoms with E-state index in [9.17, 15) is 9.65 Å². The average molecular weight is 360 g/mol. The number of halogens is 3. The van der Waals surface area contributed by atoms with Gasteiger partial charge in [0.2, 0.25) is 0 Å². The fourth-order valence-corrected chi connectivity index (χ4v) is 3.16. The predicted octanol–water partition coefficient (Wildman–Crippen LogP) is 4.11. The number of benzene rings is 1. The van der Waals surface area contributed by atoms with Crippen molar-refractivity contribution in [2.75, 3.05) is 25.2 Å². The number of nitrogens with zero attached hydrogens (tertiary/aromatic N) is 3. The molecule has 22 heavy (non-hydrogen) atoms. The molecule has 0 unspecified atom stereocenters. The van der Waals surface area contributed by atoms with Gasteiger partial charge in [0.15, 0.2) is 5.15 Å². The van der Waals surface area contributed by atoms with Crippen molar-refractivity contribution in [1.29, 1.82) is 5.26 Å². The monoisotopic (exact) mass is 359 g/mol. The van der Waals surface area contributed by atoms with Gasteiger partial charge in [-0.2, -0.15) is 9.64 Å². The third-order valence-electron chi connectivity index (χ3n) is 2.97. The highest BCUT2D eigenvalue weighted by Gasteiger charge is 2.19. The number of hydrogen-bond acceptors (Lipinski definition) is 5. The Labute approximate surface area is 141 Å². The quantitative estimate of drug-likeness (QED) is 0.778. The standard InChI is InChI=1S/C14H12Cl2FN3OS/c1-21-5-4-20(14-11(7-18)13(16)19-22-14)8-9-2-3-10(17)6-12(9)15/h2-3,6H,4-5,8H2,1H3. The molecule has 0 spiro atoms. The number of ether oxygens (including phenoxy) is 1. The molecule has 4 nitrogen and oxygen atoms in total. The van der Waals surface area contributed by atoms with Crippen molar-refractivity contribution in [3.05, 3.63) is 45.3 Å². The Morgan fingerprint density at radius 3 is 2.86 bits per heavy atom. The molecular weight excluding hydrogens is 348 g/mol. The van der Waals surface area contributed by atoms with Crippen LogP contribution in [0.2, 0.25) is 10.2 Å². The Kier molecular flexibility index (Phi) is 5.98. The van der Waals surface area contributed by atoms with E-state index in [1.165, 1.54) is 12.1 Å². The van der Waals surface area contributed by atoms with Gasteiger partial charge in [0.25, 0.3) is 0 Å². The lowest BCUT2D eigenvalue weighted by Gasteiger charge is -2.23. The van der Waals surface area contributed by atoms with Gasteiger partial charge in [-0.25, -0.2) is 4.39 Å². The molecule has 0 aliphatic rings. The van der Waals surface area contributed by atoms with Crippen LogP contribution in [0.3, 0.4) is 0 Å².